The Morgan fingerprint density at radius 2 is 2.00 bits per heavy atom. The zero-order valence-electron chi connectivity index (χ0n) is 5.91. The molecule has 0 saturated heterocycles. The van der Waals surface area contributed by atoms with Crippen molar-refractivity contribution in [3.8, 4) is 0 Å². The first-order chi connectivity index (χ1) is 4.34. The maximum atomic E-state index is 7.48. The Hall–Kier alpha value is -0.590. The summed E-state index contributed by atoms with van der Waals surface area (Å²) in [5.74, 6) is 0. The van der Waals surface area contributed by atoms with E-state index in [0.717, 1.165) is 18.6 Å². The average Bonchev–Trinajstić information content (AvgIpc) is 1.89. The van der Waals surface area contributed by atoms with Crippen molar-refractivity contribution >= 4 is 5.71 Å². The highest BCUT2D eigenvalue weighted by atomic mass is 14.4. The normalized spacial score (nSPS) is 25.0. The molecule has 0 amide bonds. The number of allylic oxidation sites excluding steroid dienone is 2. The Balaban J connectivity index is 2.60. The maximum absolute atomic E-state index is 7.48. The van der Waals surface area contributed by atoms with Gasteiger partial charge in [-0.05, 0) is 38.2 Å². The fourth-order valence-electron chi connectivity index (χ4n) is 1.25. The third-order valence-electron chi connectivity index (χ3n) is 1.86. The van der Waals surface area contributed by atoms with Gasteiger partial charge in [-0.1, -0.05) is 6.08 Å². The molecule has 0 atom stereocenters. The molecule has 1 aliphatic carbocycles. The second-order valence-electron chi connectivity index (χ2n) is 2.50. The molecule has 1 fully saturated rings. The van der Waals surface area contributed by atoms with Gasteiger partial charge < -0.3 is 5.41 Å². The van der Waals surface area contributed by atoms with Crippen LogP contribution in [0.3, 0.4) is 0 Å². The summed E-state index contributed by atoms with van der Waals surface area (Å²) in [4.78, 5) is 0. The van der Waals surface area contributed by atoms with Gasteiger partial charge in [0.2, 0.25) is 0 Å². The van der Waals surface area contributed by atoms with Crippen LogP contribution in [0.15, 0.2) is 11.6 Å². The van der Waals surface area contributed by atoms with E-state index in [1.807, 2.05) is 6.92 Å². The minimum atomic E-state index is 0.865. The quantitative estimate of drug-likeness (QED) is 0.511. The lowest BCUT2D eigenvalue weighted by Crippen LogP contribution is -2.06. The molecular formula is C8H13N. The largest absolute Gasteiger partial charge is 0.305 e. The molecule has 0 bridgehead atoms. The van der Waals surface area contributed by atoms with E-state index >= 15 is 0 Å². The minimum absolute atomic E-state index is 0.865. The van der Waals surface area contributed by atoms with Gasteiger partial charge in [0.1, 0.15) is 0 Å². The van der Waals surface area contributed by atoms with Crippen LogP contribution in [-0.2, 0) is 0 Å². The van der Waals surface area contributed by atoms with Gasteiger partial charge in [0.05, 0.1) is 0 Å². The van der Waals surface area contributed by atoms with Crippen LogP contribution in [0, 0.1) is 5.41 Å². The predicted molar refractivity (Wildman–Crippen MR) is 40.0 cm³/mol. The van der Waals surface area contributed by atoms with Gasteiger partial charge in [0, 0.05) is 5.71 Å². The highest BCUT2D eigenvalue weighted by Crippen LogP contribution is 2.19. The van der Waals surface area contributed by atoms with Gasteiger partial charge in [0.15, 0.2) is 0 Å². The molecule has 0 aromatic rings. The Bertz CT molecular complexity index is 145. The minimum Gasteiger partial charge on any atom is -0.305 e. The van der Waals surface area contributed by atoms with E-state index in [-0.39, 0.29) is 0 Å². The lowest BCUT2D eigenvalue weighted by Gasteiger charge is -2.13. The van der Waals surface area contributed by atoms with Crippen molar-refractivity contribution < 1.29 is 0 Å². The van der Waals surface area contributed by atoms with Gasteiger partial charge in [-0.25, -0.2) is 0 Å². The summed E-state index contributed by atoms with van der Waals surface area (Å²) in [5, 5.41) is 7.48. The van der Waals surface area contributed by atoms with Crippen LogP contribution < -0.4 is 0 Å². The zero-order valence-corrected chi connectivity index (χ0v) is 5.91. The molecule has 1 nitrogen and oxygen atoms in total. The third kappa shape index (κ3) is 1.41. The molecule has 0 aromatic carbocycles. The molecule has 1 heteroatoms. The van der Waals surface area contributed by atoms with Crippen LogP contribution in [0.5, 0.6) is 0 Å². The monoisotopic (exact) mass is 123 g/mol. The molecule has 0 radical (unpaired) electrons. The number of nitrogens with one attached hydrogen (secondary N) is 1. The van der Waals surface area contributed by atoms with Crippen molar-refractivity contribution in [3.63, 3.8) is 0 Å². The second kappa shape index (κ2) is 2.81. The molecule has 0 unspecified atom stereocenters. The first-order valence-electron chi connectivity index (χ1n) is 3.57. The fraction of sp³-hybridized carbons (Fsp3) is 0.625. The number of hydrogen-bond donors (Lipinski definition) is 1. The summed E-state index contributed by atoms with van der Waals surface area (Å²) < 4.78 is 0. The molecule has 0 heterocycles. The molecule has 1 aliphatic rings. The van der Waals surface area contributed by atoms with E-state index < -0.39 is 0 Å². The van der Waals surface area contributed by atoms with Gasteiger partial charge in [-0.2, -0.15) is 0 Å². The lowest BCUT2D eigenvalue weighted by molar-refractivity contribution is 0.729. The van der Waals surface area contributed by atoms with Crippen molar-refractivity contribution in [1.29, 1.82) is 5.41 Å². The Morgan fingerprint density at radius 3 is 2.44 bits per heavy atom. The highest BCUT2D eigenvalue weighted by Gasteiger charge is 2.08. The van der Waals surface area contributed by atoms with Crippen molar-refractivity contribution in [2.45, 2.75) is 32.6 Å². The smallest absolute Gasteiger partial charge is 0.0342 e. The van der Waals surface area contributed by atoms with Crippen molar-refractivity contribution in [3.05, 3.63) is 11.6 Å². The molecule has 0 aliphatic heterocycles. The predicted octanol–water partition coefficient (Wildman–Crippen LogP) is 2.53. The Morgan fingerprint density at radius 1 is 1.33 bits per heavy atom. The van der Waals surface area contributed by atoms with Crippen LogP contribution in [0.4, 0.5) is 0 Å². The van der Waals surface area contributed by atoms with Crippen LogP contribution in [-0.4, -0.2) is 5.71 Å². The van der Waals surface area contributed by atoms with Crippen LogP contribution in [0.25, 0.3) is 0 Å². The SMILES string of the molecule is CC=C1CCCCC1=N. The summed E-state index contributed by atoms with van der Waals surface area (Å²) >= 11 is 0. The molecule has 1 N–H and O–H groups in total. The van der Waals surface area contributed by atoms with Gasteiger partial charge in [-0.15, -0.1) is 0 Å². The summed E-state index contributed by atoms with van der Waals surface area (Å²) in [6.45, 7) is 2.02. The van der Waals surface area contributed by atoms with E-state index in [4.69, 9.17) is 5.41 Å². The summed E-state index contributed by atoms with van der Waals surface area (Å²) in [7, 11) is 0. The van der Waals surface area contributed by atoms with Gasteiger partial charge >= 0.3 is 0 Å². The third-order valence-corrected chi connectivity index (χ3v) is 1.86. The van der Waals surface area contributed by atoms with E-state index in [9.17, 15) is 0 Å². The summed E-state index contributed by atoms with van der Waals surface area (Å²) in [6, 6.07) is 0. The van der Waals surface area contributed by atoms with E-state index in [1.165, 1.54) is 18.4 Å². The Kier molecular flexibility index (Phi) is 2.04. The second-order valence-corrected chi connectivity index (χ2v) is 2.50. The van der Waals surface area contributed by atoms with Gasteiger partial charge in [-0.3, -0.25) is 0 Å². The van der Waals surface area contributed by atoms with Crippen LogP contribution in [0.1, 0.15) is 32.6 Å². The fourth-order valence-corrected chi connectivity index (χ4v) is 1.25. The number of rotatable bonds is 0. The summed E-state index contributed by atoms with van der Waals surface area (Å²) in [5.41, 5.74) is 2.13. The summed E-state index contributed by atoms with van der Waals surface area (Å²) in [6.07, 6.45) is 6.70. The number of hydrogen-bond acceptors (Lipinski definition) is 1. The van der Waals surface area contributed by atoms with Crippen LogP contribution in [0.2, 0.25) is 0 Å². The molecule has 1 rings (SSSR count). The van der Waals surface area contributed by atoms with Gasteiger partial charge in [0.25, 0.3) is 0 Å². The first-order valence-corrected chi connectivity index (χ1v) is 3.57. The molecule has 9 heavy (non-hydrogen) atoms. The van der Waals surface area contributed by atoms with Crippen molar-refractivity contribution in [2.75, 3.05) is 0 Å². The van der Waals surface area contributed by atoms with Crippen molar-refractivity contribution in [1.82, 2.24) is 0 Å². The maximum Gasteiger partial charge on any atom is 0.0342 e. The molecule has 0 spiro atoms. The van der Waals surface area contributed by atoms with E-state index in [0.29, 0.717) is 0 Å². The molecule has 1 saturated carbocycles. The lowest BCUT2D eigenvalue weighted by atomic mass is 9.93. The molecular weight excluding hydrogens is 110 g/mol. The molecule has 50 valence electrons. The standard InChI is InChI=1S/C8H13N/c1-2-7-5-3-4-6-8(7)9/h2,9H,3-6H2,1H3. The molecule has 0 aromatic heterocycles. The highest BCUT2D eigenvalue weighted by molar-refractivity contribution is 5.98. The van der Waals surface area contributed by atoms with E-state index in [2.05, 4.69) is 6.08 Å². The topological polar surface area (TPSA) is 23.9 Å². The Labute approximate surface area is 56.3 Å². The zero-order chi connectivity index (χ0) is 6.69. The average molecular weight is 123 g/mol. The van der Waals surface area contributed by atoms with E-state index in [1.54, 1.807) is 0 Å². The first kappa shape index (κ1) is 6.53. The van der Waals surface area contributed by atoms with Crippen molar-refractivity contribution in [2.24, 2.45) is 0 Å². The van der Waals surface area contributed by atoms with Crippen LogP contribution >= 0.6 is 0 Å².